The molecule has 210 valence electrons. The third kappa shape index (κ3) is 8.32. The normalized spacial score (nSPS) is 11.4. The third-order valence-electron chi connectivity index (χ3n) is 6.47. The van der Waals surface area contributed by atoms with Crippen LogP contribution in [0.3, 0.4) is 0 Å². The molecule has 3 rings (SSSR count). The van der Waals surface area contributed by atoms with Crippen LogP contribution in [0, 0.1) is 12.3 Å². The number of guanidine groups is 1. The van der Waals surface area contributed by atoms with Crippen LogP contribution in [0.2, 0.25) is 0 Å². The summed E-state index contributed by atoms with van der Waals surface area (Å²) in [6.07, 6.45) is 0.565. The van der Waals surface area contributed by atoms with E-state index >= 15 is 0 Å². The Hall–Kier alpha value is -4.86. The number of phenolic OH excluding ortho intramolecular Hbond substituents is 1. The van der Waals surface area contributed by atoms with Crippen molar-refractivity contribution in [2.24, 2.45) is 5.73 Å². The first-order valence-electron chi connectivity index (χ1n) is 12.9. The predicted octanol–water partition coefficient (Wildman–Crippen LogP) is 2.69. The first kappa shape index (κ1) is 29.7. The van der Waals surface area contributed by atoms with Crippen LogP contribution in [0.1, 0.15) is 41.0 Å². The molecule has 10 nitrogen and oxygen atoms in total. The van der Waals surface area contributed by atoms with Gasteiger partial charge in [-0.2, -0.15) is 0 Å². The molecule has 2 amide bonds. The lowest BCUT2D eigenvalue weighted by Crippen LogP contribution is -2.51. The number of aryl methyl sites for hydroxylation is 1. The molecule has 0 radical (unpaired) electrons. The molecule has 7 N–H and O–H groups in total. The first-order valence-corrected chi connectivity index (χ1v) is 12.9. The average Bonchev–Trinajstić information content (AvgIpc) is 2.94. The van der Waals surface area contributed by atoms with Gasteiger partial charge in [-0.15, -0.1) is 0 Å². The van der Waals surface area contributed by atoms with Crippen LogP contribution in [-0.2, 0) is 20.9 Å². The summed E-state index contributed by atoms with van der Waals surface area (Å²) in [5, 5.41) is 31.8. The Morgan fingerprint density at radius 2 is 1.55 bits per heavy atom. The number of phenols is 1. The highest BCUT2D eigenvalue weighted by Crippen LogP contribution is 2.30. The van der Waals surface area contributed by atoms with Gasteiger partial charge in [0.25, 0.3) is 0 Å². The maximum absolute atomic E-state index is 14.5. The summed E-state index contributed by atoms with van der Waals surface area (Å²) in [4.78, 5) is 40.7. The highest BCUT2D eigenvalue weighted by molar-refractivity contribution is 5.93. The van der Waals surface area contributed by atoms with E-state index in [2.05, 4.69) is 10.6 Å². The van der Waals surface area contributed by atoms with E-state index in [4.69, 9.17) is 11.1 Å². The Kier molecular flexibility index (Phi) is 10.6. The molecule has 0 aliphatic carbocycles. The highest BCUT2D eigenvalue weighted by Gasteiger charge is 2.35. The second-order valence-electron chi connectivity index (χ2n) is 9.45. The standard InChI is InChI=1S/C30H35N5O5/c1-20-17-21(14-15-25(20)36)19-35(24(13-8-16-33-30(31)32)28(39)34-18-26(37)38)29(40)27(22-9-4-2-5-10-22)23-11-6-3-7-12-23/h2-7,9-12,14-15,17,24,27,36H,8,13,16,18-19H2,1H3,(H,34,39)(H,37,38)(H4,31,32,33)/t24-/m0/s1. The van der Waals surface area contributed by atoms with Gasteiger partial charge in [0.05, 0.1) is 5.92 Å². The summed E-state index contributed by atoms with van der Waals surface area (Å²) in [5.74, 6) is -2.98. The van der Waals surface area contributed by atoms with Gasteiger partial charge in [0, 0.05) is 13.1 Å². The van der Waals surface area contributed by atoms with E-state index in [0.29, 0.717) is 24.1 Å². The topological polar surface area (TPSA) is 169 Å². The number of aromatic hydroxyl groups is 1. The molecule has 3 aromatic rings. The number of nitrogens with one attached hydrogen (secondary N) is 3. The van der Waals surface area contributed by atoms with Crippen LogP contribution in [0.15, 0.2) is 78.9 Å². The quantitative estimate of drug-likeness (QED) is 0.109. The molecule has 0 spiro atoms. The van der Waals surface area contributed by atoms with Gasteiger partial charge in [-0.05, 0) is 48.1 Å². The molecule has 0 unspecified atom stereocenters. The van der Waals surface area contributed by atoms with E-state index in [0.717, 1.165) is 11.1 Å². The summed E-state index contributed by atoms with van der Waals surface area (Å²) >= 11 is 0. The number of nitrogens with two attached hydrogens (primary N) is 1. The summed E-state index contributed by atoms with van der Waals surface area (Å²) < 4.78 is 0. The van der Waals surface area contributed by atoms with Crippen molar-refractivity contribution in [3.8, 4) is 5.75 Å². The van der Waals surface area contributed by atoms with Gasteiger partial charge in [-0.25, -0.2) is 0 Å². The van der Waals surface area contributed by atoms with Crippen LogP contribution in [0.25, 0.3) is 0 Å². The maximum atomic E-state index is 14.5. The molecule has 40 heavy (non-hydrogen) atoms. The van der Waals surface area contributed by atoms with Gasteiger partial charge >= 0.3 is 5.97 Å². The Labute approximate surface area is 233 Å². The highest BCUT2D eigenvalue weighted by atomic mass is 16.4. The van der Waals surface area contributed by atoms with Crippen molar-refractivity contribution in [1.29, 1.82) is 5.41 Å². The SMILES string of the molecule is Cc1cc(CN(C(=O)C(c2ccccc2)c2ccccc2)[C@@H](CCCNC(=N)N)C(=O)NCC(=O)O)ccc1O. The number of carboxylic acids is 1. The molecule has 0 saturated carbocycles. The summed E-state index contributed by atoms with van der Waals surface area (Å²) in [7, 11) is 0. The maximum Gasteiger partial charge on any atom is 0.322 e. The molecule has 10 heteroatoms. The molecule has 1 atom stereocenters. The monoisotopic (exact) mass is 545 g/mol. The number of amides is 2. The Bertz CT molecular complexity index is 1280. The van der Waals surface area contributed by atoms with Crippen molar-refractivity contribution < 1.29 is 24.6 Å². The van der Waals surface area contributed by atoms with Gasteiger partial charge in [-0.1, -0.05) is 72.8 Å². The van der Waals surface area contributed by atoms with Gasteiger partial charge in [0.1, 0.15) is 18.3 Å². The van der Waals surface area contributed by atoms with Gasteiger partial charge in [0.15, 0.2) is 5.96 Å². The average molecular weight is 546 g/mol. The smallest absolute Gasteiger partial charge is 0.322 e. The van der Waals surface area contributed by atoms with Crippen molar-refractivity contribution in [1.82, 2.24) is 15.5 Å². The van der Waals surface area contributed by atoms with Gasteiger partial charge < -0.3 is 31.5 Å². The Morgan fingerprint density at radius 3 is 2.08 bits per heavy atom. The fraction of sp³-hybridized carbons (Fsp3) is 0.267. The number of nitrogens with zero attached hydrogens (tertiary/aromatic N) is 1. The number of carbonyl (C=O) groups is 3. The van der Waals surface area contributed by atoms with Crippen molar-refractivity contribution in [2.45, 2.75) is 38.3 Å². The van der Waals surface area contributed by atoms with E-state index in [1.54, 1.807) is 19.1 Å². The molecule has 0 fully saturated rings. The number of hydrogen-bond acceptors (Lipinski definition) is 5. The lowest BCUT2D eigenvalue weighted by molar-refractivity contribution is -0.143. The van der Waals surface area contributed by atoms with Crippen molar-refractivity contribution in [3.05, 3.63) is 101 Å². The minimum Gasteiger partial charge on any atom is -0.508 e. The van der Waals surface area contributed by atoms with Crippen LogP contribution >= 0.6 is 0 Å². The van der Waals surface area contributed by atoms with Gasteiger partial charge in [0.2, 0.25) is 11.8 Å². The van der Waals surface area contributed by atoms with E-state index < -0.39 is 30.4 Å². The van der Waals surface area contributed by atoms with Crippen molar-refractivity contribution in [3.63, 3.8) is 0 Å². The molecule has 0 aromatic heterocycles. The molecule has 0 heterocycles. The summed E-state index contributed by atoms with van der Waals surface area (Å²) in [6.45, 7) is 1.48. The summed E-state index contributed by atoms with van der Waals surface area (Å²) in [6, 6.07) is 22.5. The van der Waals surface area contributed by atoms with E-state index in [1.165, 1.54) is 11.0 Å². The molecule has 3 aromatic carbocycles. The molecular formula is C30H35N5O5. The number of hydrogen-bond donors (Lipinski definition) is 6. The summed E-state index contributed by atoms with van der Waals surface area (Å²) in [5.41, 5.74) is 8.20. The molecule has 0 aliphatic heterocycles. The number of aliphatic carboxylic acids is 1. The molecule has 0 aliphatic rings. The lowest BCUT2D eigenvalue weighted by Gasteiger charge is -2.34. The van der Waals surface area contributed by atoms with Crippen LogP contribution in [0.5, 0.6) is 5.75 Å². The van der Waals surface area contributed by atoms with Gasteiger partial charge in [-0.3, -0.25) is 19.8 Å². The number of rotatable bonds is 13. The van der Waals surface area contributed by atoms with E-state index in [9.17, 15) is 24.6 Å². The van der Waals surface area contributed by atoms with Crippen LogP contribution in [0.4, 0.5) is 0 Å². The number of carboxylic acid groups (broad SMARTS) is 1. The number of carbonyl (C=O) groups excluding carboxylic acids is 2. The second-order valence-corrected chi connectivity index (χ2v) is 9.45. The van der Waals surface area contributed by atoms with E-state index in [-0.39, 0.29) is 30.6 Å². The fourth-order valence-electron chi connectivity index (χ4n) is 4.52. The predicted molar refractivity (Wildman–Crippen MR) is 152 cm³/mol. The van der Waals surface area contributed by atoms with Crippen molar-refractivity contribution in [2.75, 3.05) is 13.1 Å². The second kappa shape index (κ2) is 14.3. The molecule has 0 saturated heterocycles. The van der Waals surface area contributed by atoms with Crippen molar-refractivity contribution >= 4 is 23.7 Å². The first-order chi connectivity index (χ1) is 19.2. The Morgan fingerprint density at radius 1 is 0.950 bits per heavy atom. The zero-order valence-electron chi connectivity index (χ0n) is 22.3. The molecular weight excluding hydrogens is 510 g/mol. The number of benzene rings is 3. The minimum absolute atomic E-state index is 0.0431. The van der Waals surface area contributed by atoms with Crippen LogP contribution < -0.4 is 16.4 Å². The Balaban J connectivity index is 2.08. The third-order valence-corrected chi connectivity index (χ3v) is 6.47. The zero-order chi connectivity index (χ0) is 29.1. The zero-order valence-corrected chi connectivity index (χ0v) is 22.3. The lowest BCUT2D eigenvalue weighted by atomic mass is 9.89. The van der Waals surface area contributed by atoms with Crippen LogP contribution in [-0.4, -0.2) is 58.0 Å². The van der Waals surface area contributed by atoms with E-state index in [1.807, 2.05) is 60.7 Å². The molecule has 0 bridgehead atoms. The fourth-order valence-corrected chi connectivity index (χ4v) is 4.52. The minimum atomic E-state index is -1.20. The largest absolute Gasteiger partial charge is 0.508 e.